The van der Waals surface area contributed by atoms with Gasteiger partial charge in [0, 0.05) is 37.1 Å². The topological polar surface area (TPSA) is 133 Å². The van der Waals surface area contributed by atoms with Crippen LogP contribution in [0.25, 0.3) is 22.3 Å². The molecule has 0 aliphatic heterocycles. The molecule has 0 radical (unpaired) electrons. The van der Waals surface area contributed by atoms with Crippen molar-refractivity contribution in [3.63, 3.8) is 0 Å². The van der Waals surface area contributed by atoms with E-state index in [1.165, 1.54) is 13.2 Å². The van der Waals surface area contributed by atoms with Gasteiger partial charge in [-0.2, -0.15) is 0 Å². The molecule has 0 fully saturated rings. The number of halogens is 1. The van der Waals surface area contributed by atoms with E-state index in [1.807, 2.05) is 56.3 Å². The van der Waals surface area contributed by atoms with Crippen molar-refractivity contribution in [3.8, 4) is 28.0 Å². The normalized spacial score (nSPS) is 10.9. The number of carboxylic acid groups (broad SMARTS) is 1. The first kappa shape index (κ1) is 31.3. The Labute approximate surface area is 249 Å². The molecule has 43 heavy (non-hydrogen) atoms. The van der Waals surface area contributed by atoms with Crippen LogP contribution < -0.4 is 20.7 Å². The summed E-state index contributed by atoms with van der Waals surface area (Å²) in [6.45, 7) is 4.68. The van der Waals surface area contributed by atoms with E-state index in [1.54, 1.807) is 18.3 Å². The highest BCUT2D eigenvalue weighted by molar-refractivity contribution is 6.03. The van der Waals surface area contributed by atoms with Crippen LogP contribution in [-0.4, -0.2) is 53.9 Å². The van der Waals surface area contributed by atoms with Crippen molar-refractivity contribution in [2.75, 3.05) is 32.1 Å². The fraction of sp³-hybridized carbons (Fsp3) is 0.242. The number of hydrogen-bond acceptors (Lipinski definition) is 7. The van der Waals surface area contributed by atoms with Crippen LogP contribution in [0.3, 0.4) is 0 Å². The highest BCUT2D eigenvalue weighted by Crippen LogP contribution is 2.37. The van der Waals surface area contributed by atoms with E-state index in [-0.39, 0.29) is 36.9 Å². The molecular weight excluding hydrogens is 551 g/mol. The third kappa shape index (κ3) is 7.61. The molecule has 0 saturated heterocycles. The molecule has 4 aromatic rings. The second-order valence-electron chi connectivity index (χ2n) is 10.00. The Kier molecular flexibility index (Phi) is 10.6. The molecule has 10 heteroatoms. The molecule has 1 amide bonds. The lowest BCUT2D eigenvalue weighted by Crippen LogP contribution is -2.22. The molecule has 1 heterocycles. The van der Waals surface area contributed by atoms with Gasteiger partial charge >= 0.3 is 5.97 Å². The van der Waals surface area contributed by atoms with Gasteiger partial charge in [-0.15, -0.1) is 0 Å². The maximum atomic E-state index is 15.2. The van der Waals surface area contributed by atoms with Crippen LogP contribution in [0.4, 0.5) is 10.1 Å². The Hall–Kier alpha value is -4.64. The molecule has 0 saturated carbocycles. The fourth-order valence-electron chi connectivity index (χ4n) is 4.88. The lowest BCUT2D eigenvalue weighted by Gasteiger charge is -2.18. The lowest BCUT2D eigenvalue weighted by molar-refractivity contribution is -0.136. The fourth-order valence-corrected chi connectivity index (χ4v) is 4.88. The monoisotopic (exact) mass is 586 g/mol. The van der Waals surface area contributed by atoms with E-state index in [2.05, 4.69) is 20.9 Å². The van der Waals surface area contributed by atoms with Gasteiger partial charge in [-0.05, 0) is 77.1 Å². The highest BCUT2D eigenvalue weighted by Gasteiger charge is 2.17. The quantitative estimate of drug-likeness (QED) is 0.143. The van der Waals surface area contributed by atoms with E-state index < -0.39 is 11.8 Å². The van der Waals surface area contributed by atoms with Crippen molar-refractivity contribution in [3.05, 3.63) is 101 Å². The number of aliphatic hydroxyl groups is 1. The summed E-state index contributed by atoms with van der Waals surface area (Å²) < 4.78 is 20.7. The number of pyridine rings is 1. The number of carboxylic acids is 1. The molecule has 1 aromatic heterocycles. The minimum absolute atomic E-state index is 0.0137. The SMILES string of the molecule is COc1cc(-c2cccc(-c3cccc(NC(=O)c4ccc(CNCCO)cn4)c3C)c2C)cc(F)c1CNCC(=O)O. The number of nitrogens with zero attached hydrogens (tertiary/aromatic N) is 1. The second-order valence-corrected chi connectivity index (χ2v) is 10.00. The number of amides is 1. The van der Waals surface area contributed by atoms with Crippen molar-refractivity contribution in [2.45, 2.75) is 26.9 Å². The van der Waals surface area contributed by atoms with Crippen molar-refractivity contribution in [1.82, 2.24) is 15.6 Å². The highest BCUT2D eigenvalue weighted by atomic mass is 19.1. The van der Waals surface area contributed by atoms with Gasteiger partial charge in [0.1, 0.15) is 17.3 Å². The average molecular weight is 587 g/mol. The van der Waals surface area contributed by atoms with Crippen molar-refractivity contribution in [1.29, 1.82) is 0 Å². The van der Waals surface area contributed by atoms with Crippen molar-refractivity contribution in [2.24, 2.45) is 0 Å². The molecule has 0 atom stereocenters. The molecular formula is C33H35FN4O5. The maximum absolute atomic E-state index is 15.2. The van der Waals surface area contributed by atoms with Crippen molar-refractivity contribution >= 4 is 17.6 Å². The van der Waals surface area contributed by atoms with Crippen LogP contribution in [0.5, 0.6) is 5.75 Å². The smallest absolute Gasteiger partial charge is 0.317 e. The lowest BCUT2D eigenvalue weighted by atomic mass is 9.90. The van der Waals surface area contributed by atoms with E-state index in [0.29, 0.717) is 30.1 Å². The predicted octanol–water partition coefficient (Wildman–Crippen LogP) is 4.69. The molecule has 5 N–H and O–H groups in total. The number of aromatic nitrogens is 1. The van der Waals surface area contributed by atoms with Crippen LogP contribution in [-0.2, 0) is 17.9 Å². The number of methoxy groups -OCH3 is 1. The molecule has 0 aliphatic carbocycles. The first-order valence-corrected chi connectivity index (χ1v) is 13.8. The first-order valence-electron chi connectivity index (χ1n) is 13.8. The minimum atomic E-state index is -1.03. The first-order chi connectivity index (χ1) is 20.7. The summed E-state index contributed by atoms with van der Waals surface area (Å²) >= 11 is 0. The van der Waals surface area contributed by atoms with Crippen LogP contribution in [0.2, 0.25) is 0 Å². The Morgan fingerprint density at radius 2 is 1.65 bits per heavy atom. The van der Waals surface area contributed by atoms with Crippen LogP contribution >= 0.6 is 0 Å². The number of carbonyl (C=O) groups excluding carboxylic acids is 1. The van der Waals surface area contributed by atoms with Crippen LogP contribution in [0, 0.1) is 19.7 Å². The molecule has 3 aromatic carbocycles. The summed E-state index contributed by atoms with van der Waals surface area (Å²) in [5, 5.41) is 26.5. The van der Waals surface area contributed by atoms with Gasteiger partial charge in [0.2, 0.25) is 0 Å². The third-order valence-corrected chi connectivity index (χ3v) is 7.14. The number of nitrogens with one attached hydrogen (secondary N) is 3. The Morgan fingerprint density at radius 3 is 2.33 bits per heavy atom. The zero-order chi connectivity index (χ0) is 30.9. The Morgan fingerprint density at radius 1 is 0.930 bits per heavy atom. The van der Waals surface area contributed by atoms with Crippen LogP contribution in [0.1, 0.15) is 32.7 Å². The Bertz CT molecular complexity index is 1610. The molecule has 4 rings (SSSR count). The van der Waals surface area contributed by atoms with E-state index in [0.717, 1.165) is 33.4 Å². The third-order valence-electron chi connectivity index (χ3n) is 7.14. The summed E-state index contributed by atoms with van der Waals surface area (Å²) in [7, 11) is 1.45. The maximum Gasteiger partial charge on any atom is 0.317 e. The van der Waals surface area contributed by atoms with Gasteiger partial charge in [0.05, 0.1) is 20.3 Å². The largest absolute Gasteiger partial charge is 0.496 e. The zero-order valence-electron chi connectivity index (χ0n) is 24.3. The standard InChI is InChI=1S/C33H35FN4O5/c1-20-24(23-14-28(34)27(31(15-23)43-3)18-36-19-32(40)41)6-4-7-25(20)26-8-5-9-29(21(26)2)38-33(42)30-11-10-22(17-37-30)16-35-12-13-39/h4-11,14-15,17,35-36,39H,12-13,16,18-19H2,1-3H3,(H,38,42)(H,40,41). The Balaban J connectivity index is 1.59. The summed E-state index contributed by atoms with van der Waals surface area (Å²) in [5.74, 6) is -1.54. The van der Waals surface area contributed by atoms with Gasteiger partial charge in [-0.1, -0.05) is 36.4 Å². The minimum Gasteiger partial charge on any atom is -0.496 e. The number of aliphatic hydroxyl groups excluding tert-OH is 1. The second kappa shape index (κ2) is 14.5. The number of hydrogen-bond donors (Lipinski definition) is 5. The van der Waals surface area contributed by atoms with Gasteiger partial charge in [0.25, 0.3) is 5.91 Å². The number of ether oxygens (including phenoxy) is 1. The number of aliphatic carboxylic acids is 1. The number of benzene rings is 3. The molecule has 0 unspecified atom stereocenters. The van der Waals surface area contributed by atoms with Crippen molar-refractivity contribution < 1.29 is 28.9 Å². The van der Waals surface area contributed by atoms with Crippen LogP contribution in [0.15, 0.2) is 66.9 Å². The van der Waals surface area contributed by atoms with E-state index in [4.69, 9.17) is 14.9 Å². The molecule has 0 spiro atoms. The number of rotatable bonds is 13. The van der Waals surface area contributed by atoms with E-state index >= 15 is 4.39 Å². The molecule has 9 nitrogen and oxygen atoms in total. The average Bonchev–Trinajstić information content (AvgIpc) is 2.99. The van der Waals surface area contributed by atoms with Gasteiger partial charge in [-0.3, -0.25) is 14.6 Å². The summed E-state index contributed by atoms with van der Waals surface area (Å²) in [6.07, 6.45) is 1.63. The number of anilines is 1. The van der Waals surface area contributed by atoms with Gasteiger partial charge in [-0.25, -0.2) is 4.39 Å². The number of carbonyl (C=O) groups is 2. The predicted molar refractivity (Wildman–Crippen MR) is 164 cm³/mol. The summed E-state index contributed by atoms with van der Waals surface area (Å²) in [5.41, 5.74) is 7.14. The van der Waals surface area contributed by atoms with Gasteiger partial charge < -0.3 is 30.9 Å². The summed E-state index contributed by atoms with van der Waals surface area (Å²) in [6, 6.07) is 18.1. The molecule has 224 valence electrons. The zero-order valence-corrected chi connectivity index (χ0v) is 24.3. The molecule has 0 aliphatic rings. The molecule has 0 bridgehead atoms. The van der Waals surface area contributed by atoms with E-state index in [9.17, 15) is 9.59 Å². The van der Waals surface area contributed by atoms with Gasteiger partial charge in [0.15, 0.2) is 0 Å². The summed E-state index contributed by atoms with van der Waals surface area (Å²) in [4.78, 5) is 28.1.